The highest BCUT2D eigenvalue weighted by molar-refractivity contribution is 9.10. The highest BCUT2D eigenvalue weighted by Crippen LogP contribution is 2.56. The maximum absolute atomic E-state index is 6.49. The van der Waals surface area contributed by atoms with Gasteiger partial charge in [0, 0.05) is 20.8 Å². The van der Waals surface area contributed by atoms with Crippen molar-refractivity contribution >= 4 is 27.3 Å². The number of benzene rings is 1. The lowest BCUT2D eigenvalue weighted by atomic mass is 9.88. The van der Waals surface area contributed by atoms with Gasteiger partial charge in [-0.15, -0.1) is 11.3 Å². The van der Waals surface area contributed by atoms with Crippen molar-refractivity contribution in [1.29, 1.82) is 0 Å². The first kappa shape index (κ1) is 11.5. The first-order valence-corrected chi connectivity index (χ1v) is 7.45. The van der Waals surface area contributed by atoms with Crippen LogP contribution >= 0.6 is 27.3 Å². The Morgan fingerprint density at radius 3 is 2.41 bits per heavy atom. The SMILES string of the molecule is NC(c1sccc1Br)C1(c2ccccc2)CC1. The summed E-state index contributed by atoms with van der Waals surface area (Å²) in [4.78, 5) is 1.27. The largest absolute Gasteiger partial charge is 0.323 e. The molecule has 3 rings (SSSR count). The van der Waals surface area contributed by atoms with Gasteiger partial charge >= 0.3 is 0 Å². The van der Waals surface area contributed by atoms with Crippen molar-refractivity contribution < 1.29 is 0 Å². The molecule has 1 saturated carbocycles. The maximum Gasteiger partial charge on any atom is 0.0499 e. The van der Waals surface area contributed by atoms with Crippen LogP contribution in [0.1, 0.15) is 29.3 Å². The molecule has 0 saturated heterocycles. The van der Waals surface area contributed by atoms with Crippen molar-refractivity contribution in [2.75, 3.05) is 0 Å². The van der Waals surface area contributed by atoms with Crippen molar-refractivity contribution in [1.82, 2.24) is 0 Å². The van der Waals surface area contributed by atoms with Gasteiger partial charge in [0.25, 0.3) is 0 Å². The fourth-order valence-electron chi connectivity index (χ4n) is 2.46. The molecule has 1 aromatic heterocycles. The third-order valence-electron chi connectivity index (χ3n) is 3.66. The zero-order chi connectivity index (χ0) is 11.9. The average Bonchev–Trinajstić information content (AvgIpc) is 3.07. The molecule has 88 valence electrons. The van der Waals surface area contributed by atoms with Crippen LogP contribution in [-0.2, 0) is 5.41 Å². The summed E-state index contributed by atoms with van der Waals surface area (Å²) in [6, 6.07) is 12.9. The molecule has 1 unspecified atom stereocenters. The number of halogens is 1. The van der Waals surface area contributed by atoms with Gasteiger partial charge < -0.3 is 5.73 Å². The van der Waals surface area contributed by atoms with Crippen LogP contribution in [0.2, 0.25) is 0 Å². The van der Waals surface area contributed by atoms with Crippen LogP contribution in [-0.4, -0.2) is 0 Å². The van der Waals surface area contributed by atoms with Crippen LogP contribution in [0.3, 0.4) is 0 Å². The molecule has 0 bridgehead atoms. The summed E-state index contributed by atoms with van der Waals surface area (Å²) in [5, 5.41) is 2.10. The smallest absolute Gasteiger partial charge is 0.0499 e. The second-order valence-electron chi connectivity index (χ2n) is 4.63. The highest BCUT2D eigenvalue weighted by atomic mass is 79.9. The van der Waals surface area contributed by atoms with Crippen molar-refractivity contribution in [3.05, 3.63) is 56.7 Å². The summed E-state index contributed by atoms with van der Waals surface area (Å²) in [6.45, 7) is 0. The first-order chi connectivity index (χ1) is 8.24. The lowest BCUT2D eigenvalue weighted by molar-refractivity contribution is 0.548. The molecule has 1 atom stereocenters. The molecule has 2 N–H and O–H groups in total. The molecule has 1 aliphatic carbocycles. The van der Waals surface area contributed by atoms with Gasteiger partial charge in [0.2, 0.25) is 0 Å². The highest BCUT2D eigenvalue weighted by Gasteiger charge is 2.50. The van der Waals surface area contributed by atoms with Gasteiger partial charge in [0.15, 0.2) is 0 Å². The second-order valence-corrected chi connectivity index (χ2v) is 6.43. The van der Waals surface area contributed by atoms with E-state index in [1.54, 1.807) is 11.3 Å². The molecule has 0 spiro atoms. The Labute approximate surface area is 114 Å². The van der Waals surface area contributed by atoms with E-state index in [4.69, 9.17) is 5.73 Å². The quantitative estimate of drug-likeness (QED) is 0.901. The monoisotopic (exact) mass is 307 g/mol. The summed E-state index contributed by atoms with van der Waals surface area (Å²) in [6.07, 6.45) is 2.39. The van der Waals surface area contributed by atoms with E-state index in [0.717, 1.165) is 4.47 Å². The zero-order valence-electron chi connectivity index (χ0n) is 9.40. The Kier molecular flexibility index (Phi) is 2.85. The van der Waals surface area contributed by atoms with Crippen LogP contribution in [0.4, 0.5) is 0 Å². The fourth-order valence-corrected chi connectivity index (χ4v) is 4.20. The van der Waals surface area contributed by atoms with Crippen LogP contribution in [0.15, 0.2) is 46.3 Å². The molecular formula is C14H14BrNS. The van der Waals surface area contributed by atoms with Gasteiger partial charge in [-0.3, -0.25) is 0 Å². The molecule has 1 fully saturated rings. The minimum absolute atomic E-state index is 0.110. The topological polar surface area (TPSA) is 26.0 Å². The van der Waals surface area contributed by atoms with E-state index >= 15 is 0 Å². The van der Waals surface area contributed by atoms with Gasteiger partial charge in [-0.05, 0) is 45.8 Å². The van der Waals surface area contributed by atoms with E-state index in [1.165, 1.54) is 23.3 Å². The molecule has 1 aliphatic rings. The van der Waals surface area contributed by atoms with Crippen LogP contribution in [0.5, 0.6) is 0 Å². The molecule has 1 aromatic carbocycles. The predicted octanol–water partition coefficient (Wildman–Crippen LogP) is 4.24. The van der Waals surface area contributed by atoms with Crippen molar-refractivity contribution in [3.8, 4) is 0 Å². The Balaban J connectivity index is 1.97. The summed E-state index contributed by atoms with van der Waals surface area (Å²) in [5.74, 6) is 0. The number of thiophene rings is 1. The van der Waals surface area contributed by atoms with Crippen LogP contribution in [0, 0.1) is 0 Å². The zero-order valence-corrected chi connectivity index (χ0v) is 11.8. The van der Waals surface area contributed by atoms with E-state index in [-0.39, 0.29) is 11.5 Å². The van der Waals surface area contributed by atoms with Gasteiger partial charge in [-0.1, -0.05) is 30.3 Å². The molecular weight excluding hydrogens is 294 g/mol. The lowest BCUT2D eigenvalue weighted by Gasteiger charge is -2.23. The Morgan fingerprint density at radius 2 is 1.88 bits per heavy atom. The Morgan fingerprint density at radius 1 is 1.18 bits per heavy atom. The standard InChI is InChI=1S/C14H14BrNS/c15-11-6-9-17-12(11)13(16)14(7-8-14)10-4-2-1-3-5-10/h1-6,9,13H,7-8,16H2. The van der Waals surface area contributed by atoms with Crippen molar-refractivity contribution in [2.24, 2.45) is 5.73 Å². The van der Waals surface area contributed by atoms with E-state index < -0.39 is 0 Å². The predicted molar refractivity (Wildman–Crippen MR) is 76.3 cm³/mol. The second kappa shape index (κ2) is 4.23. The van der Waals surface area contributed by atoms with Crippen LogP contribution in [0.25, 0.3) is 0 Å². The molecule has 0 radical (unpaired) electrons. The summed E-state index contributed by atoms with van der Waals surface area (Å²) in [5.41, 5.74) is 8.05. The summed E-state index contributed by atoms with van der Waals surface area (Å²) < 4.78 is 1.15. The number of nitrogens with two attached hydrogens (primary N) is 1. The number of rotatable bonds is 3. The van der Waals surface area contributed by atoms with E-state index in [9.17, 15) is 0 Å². The Bertz CT molecular complexity index is 516. The molecule has 1 heterocycles. The Hall–Kier alpha value is -0.640. The van der Waals surface area contributed by atoms with E-state index in [1.807, 2.05) is 0 Å². The van der Waals surface area contributed by atoms with Gasteiger partial charge in [0.05, 0.1) is 0 Å². The third kappa shape index (κ3) is 1.86. The van der Waals surface area contributed by atoms with Gasteiger partial charge in [0.1, 0.15) is 0 Å². The van der Waals surface area contributed by atoms with Gasteiger partial charge in [-0.25, -0.2) is 0 Å². The number of hydrogen-bond donors (Lipinski definition) is 1. The van der Waals surface area contributed by atoms with Gasteiger partial charge in [-0.2, -0.15) is 0 Å². The summed E-state index contributed by atoms with van der Waals surface area (Å²) in [7, 11) is 0. The lowest BCUT2D eigenvalue weighted by Crippen LogP contribution is -2.25. The van der Waals surface area contributed by atoms with Crippen molar-refractivity contribution in [2.45, 2.75) is 24.3 Å². The number of hydrogen-bond acceptors (Lipinski definition) is 2. The minimum atomic E-state index is 0.110. The summed E-state index contributed by atoms with van der Waals surface area (Å²) >= 11 is 5.34. The maximum atomic E-state index is 6.49. The van der Waals surface area contributed by atoms with E-state index in [0.29, 0.717) is 0 Å². The normalized spacial score (nSPS) is 18.9. The molecule has 0 amide bonds. The molecule has 0 aliphatic heterocycles. The third-order valence-corrected chi connectivity index (χ3v) is 5.61. The molecule has 2 aromatic rings. The molecule has 17 heavy (non-hydrogen) atoms. The van der Waals surface area contributed by atoms with Crippen molar-refractivity contribution in [3.63, 3.8) is 0 Å². The fraction of sp³-hybridized carbons (Fsp3) is 0.286. The average molecular weight is 308 g/mol. The molecule has 1 nitrogen and oxygen atoms in total. The molecule has 3 heteroatoms. The van der Waals surface area contributed by atoms with Crippen LogP contribution < -0.4 is 5.73 Å². The van der Waals surface area contributed by atoms with E-state index in [2.05, 4.69) is 57.7 Å². The minimum Gasteiger partial charge on any atom is -0.323 e. The first-order valence-electron chi connectivity index (χ1n) is 5.78.